The minimum absolute atomic E-state index is 0.0348. The van der Waals surface area contributed by atoms with E-state index in [1.807, 2.05) is 12.1 Å². The molecule has 1 aliphatic heterocycles. The maximum atomic E-state index is 12.9. The van der Waals surface area contributed by atoms with Crippen LogP contribution in [0.2, 0.25) is 5.02 Å². The molecule has 0 bridgehead atoms. The minimum atomic E-state index is -0.805. The summed E-state index contributed by atoms with van der Waals surface area (Å²) in [7, 11) is 0. The summed E-state index contributed by atoms with van der Waals surface area (Å²) in [4.78, 5) is 36.7. The summed E-state index contributed by atoms with van der Waals surface area (Å²) in [6.07, 6.45) is 1.58. The topological polar surface area (TPSA) is 93.1 Å². The predicted octanol–water partition coefficient (Wildman–Crippen LogP) is 3.93. The van der Waals surface area contributed by atoms with Crippen LogP contribution in [0.5, 0.6) is 0 Å². The fourth-order valence-electron chi connectivity index (χ4n) is 3.25. The Hall–Kier alpha value is -3.45. The molecule has 0 aliphatic carbocycles. The van der Waals surface area contributed by atoms with E-state index >= 15 is 0 Å². The number of aromatic nitrogens is 2. The van der Waals surface area contributed by atoms with Crippen molar-refractivity contribution in [1.82, 2.24) is 9.78 Å². The second-order valence-electron chi connectivity index (χ2n) is 6.75. The third kappa shape index (κ3) is 3.77. The molecule has 146 valence electrons. The van der Waals surface area contributed by atoms with E-state index in [2.05, 4.69) is 15.7 Å². The zero-order valence-electron chi connectivity index (χ0n) is 15.5. The zero-order valence-corrected chi connectivity index (χ0v) is 16.2. The van der Waals surface area contributed by atoms with Crippen LogP contribution in [0.3, 0.4) is 0 Å². The van der Waals surface area contributed by atoms with Crippen LogP contribution in [0.4, 0.5) is 11.5 Å². The lowest BCUT2D eigenvalue weighted by molar-refractivity contribution is -0.125. The van der Waals surface area contributed by atoms with Gasteiger partial charge in [0, 0.05) is 21.8 Å². The maximum absolute atomic E-state index is 12.9. The predicted molar refractivity (Wildman–Crippen MR) is 110 cm³/mol. The van der Waals surface area contributed by atoms with Crippen molar-refractivity contribution in [1.29, 1.82) is 0 Å². The zero-order chi connectivity index (χ0) is 20.5. The lowest BCUT2D eigenvalue weighted by Gasteiger charge is -2.24. The number of Topliss-reactive ketones (excluding diaryl/α,β-unsaturated/α-hetero) is 1. The van der Waals surface area contributed by atoms with Gasteiger partial charge in [0.25, 0.3) is 0 Å². The van der Waals surface area contributed by atoms with Crippen molar-refractivity contribution in [3.05, 3.63) is 65.3 Å². The summed E-state index contributed by atoms with van der Waals surface area (Å²) in [6.45, 7) is 1.46. The smallest absolute Gasteiger partial charge is 0.249 e. The number of carbonyl (C=O) groups is 3. The van der Waals surface area contributed by atoms with Gasteiger partial charge in [-0.2, -0.15) is 5.10 Å². The van der Waals surface area contributed by atoms with Gasteiger partial charge in [-0.25, -0.2) is 4.68 Å². The van der Waals surface area contributed by atoms with Crippen LogP contribution in [0.15, 0.2) is 54.7 Å². The van der Waals surface area contributed by atoms with Crippen molar-refractivity contribution in [3.63, 3.8) is 0 Å². The summed E-state index contributed by atoms with van der Waals surface area (Å²) in [5.41, 5.74) is 2.51. The number of nitrogens with one attached hydrogen (secondary N) is 2. The first kappa shape index (κ1) is 18.9. The summed E-state index contributed by atoms with van der Waals surface area (Å²) in [5, 5.41) is 10.5. The Balaban J connectivity index is 1.64. The van der Waals surface area contributed by atoms with Crippen molar-refractivity contribution in [2.75, 3.05) is 10.6 Å². The summed E-state index contributed by atoms with van der Waals surface area (Å²) < 4.78 is 1.51. The molecule has 0 saturated carbocycles. The van der Waals surface area contributed by atoms with Gasteiger partial charge in [-0.05, 0) is 36.8 Å². The molecule has 1 atom stereocenters. The third-order valence-corrected chi connectivity index (χ3v) is 4.97. The number of ketones is 1. The number of nitrogens with zero attached hydrogens (tertiary/aromatic N) is 2. The van der Waals surface area contributed by atoms with E-state index in [0.717, 1.165) is 5.56 Å². The van der Waals surface area contributed by atoms with Gasteiger partial charge < -0.3 is 10.6 Å². The Bertz CT molecular complexity index is 1120. The molecule has 3 aromatic rings. The average Bonchev–Trinajstić information content (AvgIpc) is 3.11. The summed E-state index contributed by atoms with van der Waals surface area (Å²) in [5.74, 6) is -0.292. The summed E-state index contributed by atoms with van der Waals surface area (Å²) >= 11 is 5.95. The van der Waals surface area contributed by atoms with Crippen molar-refractivity contribution < 1.29 is 14.4 Å². The number of rotatable bonds is 4. The third-order valence-electron chi connectivity index (χ3n) is 4.72. The Kier molecular flexibility index (Phi) is 4.90. The Labute approximate surface area is 171 Å². The second kappa shape index (κ2) is 7.52. The largest absolute Gasteiger partial charge is 0.324 e. The number of halogens is 1. The number of benzene rings is 2. The van der Waals surface area contributed by atoms with Gasteiger partial charge in [0.05, 0.1) is 12.6 Å². The van der Waals surface area contributed by atoms with Crippen molar-refractivity contribution in [2.24, 2.45) is 0 Å². The van der Waals surface area contributed by atoms with Gasteiger partial charge in [-0.3, -0.25) is 14.4 Å². The first-order valence-corrected chi connectivity index (χ1v) is 9.35. The van der Waals surface area contributed by atoms with E-state index in [1.165, 1.54) is 11.6 Å². The molecule has 1 aromatic heterocycles. The Morgan fingerprint density at radius 1 is 1.21 bits per heavy atom. The molecule has 2 aromatic carbocycles. The van der Waals surface area contributed by atoms with E-state index in [1.54, 1.807) is 42.6 Å². The van der Waals surface area contributed by atoms with Crippen LogP contribution in [-0.2, 0) is 9.59 Å². The van der Waals surface area contributed by atoms with Crippen molar-refractivity contribution >= 4 is 40.7 Å². The number of hydrogen-bond donors (Lipinski definition) is 2. The highest BCUT2D eigenvalue weighted by molar-refractivity contribution is 6.30. The fraction of sp³-hybridized carbons (Fsp3) is 0.143. The molecule has 2 N–H and O–H groups in total. The van der Waals surface area contributed by atoms with Crippen molar-refractivity contribution in [2.45, 2.75) is 19.4 Å². The maximum Gasteiger partial charge on any atom is 0.249 e. The number of hydrogen-bond acceptors (Lipinski definition) is 4. The molecule has 2 amide bonds. The molecular weight excluding hydrogens is 392 g/mol. The van der Waals surface area contributed by atoms with Gasteiger partial charge in [-0.15, -0.1) is 0 Å². The number of amides is 2. The number of anilines is 2. The lowest BCUT2D eigenvalue weighted by Crippen LogP contribution is -2.35. The molecule has 0 spiro atoms. The first-order valence-electron chi connectivity index (χ1n) is 8.97. The molecule has 8 heteroatoms. The monoisotopic (exact) mass is 408 g/mol. The Morgan fingerprint density at radius 2 is 1.97 bits per heavy atom. The molecule has 0 fully saturated rings. The fourth-order valence-corrected chi connectivity index (χ4v) is 3.38. The van der Waals surface area contributed by atoms with Crippen LogP contribution >= 0.6 is 11.6 Å². The van der Waals surface area contributed by atoms with Crippen molar-refractivity contribution in [3.8, 4) is 11.1 Å². The van der Waals surface area contributed by atoms with Gasteiger partial charge in [-0.1, -0.05) is 35.9 Å². The van der Waals surface area contributed by atoms with E-state index < -0.39 is 6.04 Å². The van der Waals surface area contributed by atoms with Crippen LogP contribution < -0.4 is 10.6 Å². The molecule has 1 aliphatic rings. The molecule has 29 heavy (non-hydrogen) atoms. The molecular formula is C21H17ClN4O3. The highest BCUT2D eigenvalue weighted by Gasteiger charge is 2.33. The van der Waals surface area contributed by atoms with Crippen LogP contribution in [0.25, 0.3) is 11.1 Å². The van der Waals surface area contributed by atoms with Gasteiger partial charge >= 0.3 is 0 Å². The standard InChI is InChI=1S/C21H17ClN4O3/c1-12(27)14-3-2-4-16(9-14)24-21(29)18-10-19(28)25-20-17(11-23-26(18)20)13-5-7-15(22)8-6-13/h2-9,11,18H,10H2,1H3,(H,24,29)(H,25,28). The average molecular weight is 409 g/mol. The lowest BCUT2D eigenvalue weighted by atomic mass is 10.1. The number of carbonyl (C=O) groups excluding carboxylic acids is 3. The normalized spacial score (nSPS) is 15.4. The number of fused-ring (bicyclic) bond motifs is 1. The first-order chi connectivity index (χ1) is 13.9. The Morgan fingerprint density at radius 3 is 2.69 bits per heavy atom. The van der Waals surface area contributed by atoms with Gasteiger partial charge in [0.15, 0.2) is 5.78 Å². The highest BCUT2D eigenvalue weighted by Crippen LogP contribution is 2.34. The van der Waals surface area contributed by atoms with Crippen LogP contribution in [-0.4, -0.2) is 27.4 Å². The van der Waals surface area contributed by atoms with E-state index in [0.29, 0.717) is 27.7 Å². The van der Waals surface area contributed by atoms with Gasteiger partial charge in [0.2, 0.25) is 11.8 Å². The minimum Gasteiger partial charge on any atom is -0.324 e. The molecule has 2 heterocycles. The highest BCUT2D eigenvalue weighted by atomic mass is 35.5. The SMILES string of the molecule is CC(=O)c1cccc(NC(=O)C2CC(=O)Nc3c(-c4ccc(Cl)cc4)cnn32)c1. The molecule has 4 rings (SSSR count). The van der Waals surface area contributed by atoms with E-state index in [4.69, 9.17) is 11.6 Å². The van der Waals surface area contributed by atoms with E-state index in [9.17, 15) is 14.4 Å². The molecule has 7 nitrogen and oxygen atoms in total. The quantitative estimate of drug-likeness (QED) is 0.639. The summed E-state index contributed by atoms with van der Waals surface area (Å²) in [6, 6.07) is 13.0. The van der Waals surface area contributed by atoms with E-state index in [-0.39, 0.29) is 24.0 Å². The molecule has 0 radical (unpaired) electrons. The molecule has 0 saturated heterocycles. The molecule has 1 unspecified atom stereocenters. The second-order valence-corrected chi connectivity index (χ2v) is 7.19. The van der Waals surface area contributed by atoms with Crippen LogP contribution in [0, 0.1) is 0 Å². The van der Waals surface area contributed by atoms with Gasteiger partial charge in [0.1, 0.15) is 11.9 Å². The van der Waals surface area contributed by atoms with Crippen LogP contribution in [0.1, 0.15) is 29.7 Å².